The van der Waals surface area contributed by atoms with Gasteiger partial charge in [-0.3, -0.25) is 0 Å². The van der Waals surface area contributed by atoms with Crippen LogP contribution in [0.5, 0.6) is 0 Å². The van der Waals surface area contributed by atoms with E-state index in [1.807, 2.05) is 0 Å². The van der Waals surface area contributed by atoms with Crippen molar-refractivity contribution < 1.29 is 0 Å². The van der Waals surface area contributed by atoms with Crippen molar-refractivity contribution in [3.8, 4) is 33.6 Å². The first-order valence-corrected chi connectivity index (χ1v) is 19.1. The first-order valence-electron chi connectivity index (χ1n) is 19.1. The fraction of sp³-hybridized carbons (Fsp3) is 0.0566. The van der Waals surface area contributed by atoms with E-state index in [1.54, 1.807) is 0 Å². The second-order valence-corrected chi connectivity index (χ2v) is 14.9. The smallest absolute Gasteiger partial charge is 0.0541 e. The van der Waals surface area contributed by atoms with Gasteiger partial charge < -0.3 is 9.13 Å². The number of hydrogen-bond acceptors (Lipinski definition) is 0. The van der Waals surface area contributed by atoms with Crippen LogP contribution in [0, 0.1) is 20.8 Å². The zero-order valence-electron chi connectivity index (χ0n) is 31.3. The molecule has 0 radical (unpaired) electrons. The van der Waals surface area contributed by atoms with E-state index in [9.17, 15) is 0 Å². The molecule has 0 fully saturated rings. The molecule has 55 heavy (non-hydrogen) atoms. The van der Waals surface area contributed by atoms with E-state index >= 15 is 0 Å². The zero-order chi connectivity index (χ0) is 37.0. The van der Waals surface area contributed by atoms with Gasteiger partial charge in [0, 0.05) is 32.9 Å². The third-order valence-electron chi connectivity index (χ3n) is 11.1. The van der Waals surface area contributed by atoms with Gasteiger partial charge in [0.2, 0.25) is 0 Å². The number of benzene rings is 8. The monoisotopic (exact) mass is 704 g/mol. The second-order valence-electron chi connectivity index (χ2n) is 14.9. The molecular weight excluding hydrogens is 665 g/mol. The maximum atomic E-state index is 2.39. The van der Waals surface area contributed by atoms with Crippen LogP contribution in [0.3, 0.4) is 0 Å². The van der Waals surface area contributed by atoms with Crippen molar-refractivity contribution >= 4 is 55.8 Å². The largest absolute Gasteiger partial charge is 0.309 e. The summed E-state index contributed by atoms with van der Waals surface area (Å²) >= 11 is 0. The van der Waals surface area contributed by atoms with Crippen LogP contribution in [0.1, 0.15) is 27.8 Å². The molecule has 0 aliphatic rings. The molecule has 0 bridgehead atoms. The van der Waals surface area contributed by atoms with Gasteiger partial charge in [0.1, 0.15) is 0 Å². The molecule has 10 aromatic rings. The molecule has 0 aliphatic carbocycles. The van der Waals surface area contributed by atoms with E-state index < -0.39 is 0 Å². The predicted molar refractivity (Wildman–Crippen MR) is 236 cm³/mol. The van der Waals surface area contributed by atoms with Crippen LogP contribution >= 0.6 is 0 Å². The van der Waals surface area contributed by atoms with E-state index in [-0.39, 0.29) is 0 Å². The normalized spacial score (nSPS) is 11.8. The van der Waals surface area contributed by atoms with Gasteiger partial charge in [-0.1, -0.05) is 138 Å². The molecule has 0 atom stereocenters. The van der Waals surface area contributed by atoms with Crippen molar-refractivity contribution in [2.45, 2.75) is 20.8 Å². The Balaban J connectivity index is 0.873. The van der Waals surface area contributed by atoms with Crippen molar-refractivity contribution in [3.05, 3.63) is 204 Å². The van der Waals surface area contributed by atoms with Crippen LogP contribution in [-0.2, 0) is 0 Å². The van der Waals surface area contributed by atoms with Crippen LogP contribution in [-0.4, -0.2) is 9.13 Å². The molecule has 0 saturated carbocycles. The summed E-state index contributed by atoms with van der Waals surface area (Å²) in [6.45, 7) is 6.47. The number of aromatic nitrogens is 2. The summed E-state index contributed by atoms with van der Waals surface area (Å²) in [6, 6.07) is 64.6. The Morgan fingerprint density at radius 2 is 0.691 bits per heavy atom. The molecule has 2 nitrogen and oxygen atoms in total. The number of aryl methyl sites for hydroxylation is 3. The standard InChI is InChI=1S/C53H40N2/c1-35-8-25-44(26-9-35)54-50-7-5-4-6-46(50)49-34-43(24-31-53(49)54)42-20-16-39(17-21-42)13-12-38-14-18-40(19-15-38)41-22-27-45(28-23-41)55-51-29-10-36(2)32-47(51)48-33-37(3)11-30-52(48)55/h4-34H,1-3H3/b13-12+. The number of fused-ring (bicyclic) bond motifs is 6. The Bertz CT molecular complexity index is 3000. The Labute approximate surface area is 321 Å². The highest BCUT2D eigenvalue weighted by molar-refractivity contribution is 6.11. The summed E-state index contributed by atoms with van der Waals surface area (Å²) in [5.74, 6) is 0. The van der Waals surface area contributed by atoms with Crippen molar-refractivity contribution in [1.29, 1.82) is 0 Å². The highest BCUT2D eigenvalue weighted by Crippen LogP contribution is 2.36. The van der Waals surface area contributed by atoms with Gasteiger partial charge in [-0.2, -0.15) is 0 Å². The summed E-state index contributed by atoms with van der Waals surface area (Å²) in [5.41, 5.74) is 18.3. The van der Waals surface area contributed by atoms with Gasteiger partial charge in [0.05, 0.1) is 22.1 Å². The van der Waals surface area contributed by atoms with E-state index in [0.717, 1.165) is 0 Å². The number of para-hydroxylation sites is 1. The topological polar surface area (TPSA) is 9.86 Å². The highest BCUT2D eigenvalue weighted by atomic mass is 15.0. The van der Waals surface area contributed by atoms with Gasteiger partial charge >= 0.3 is 0 Å². The Kier molecular flexibility index (Phi) is 7.85. The fourth-order valence-electron chi connectivity index (χ4n) is 8.22. The number of nitrogens with zero attached hydrogens (tertiary/aromatic N) is 2. The Morgan fingerprint density at radius 3 is 1.24 bits per heavy atom. The molecule has 0 aliphatic heterocycles. The minimum Gasteiger partial charge on any atom is -0.309 e. The molecule has 0 saturated heterocycles. The predicted octanol–water partition coefficient (Wildman–Crippen LogP) is 14.3. The lowest BCUT2D eigenvalue weighted by molar-refractivity contribution is 1.17. The van der Waals surface area contributed by atoms with Gasteiger partial charge in [-0.25, -0.2) is 0 Å². The maximum absolute atomic E-state index is 2.39. The van der Waals surface area contributed by atoms with Gasteiger partial charge in [0.15, 0.2) is 0 Å². The summed E-state index contributed by atoms with van der Waals surface area (Å²) < 4.78 is 4.76. The van der Waals surface area contributed by atoms with Crippen LogP contribution < -0.4 is 0 Å². The molecular formula is C53H40N2. The van der Waals surface area contributed by atoms with Crippen LogP contribution in [0.4, 0.5) is 0 Å². The molecule has 10 rings (SSSR count). The molecule has 2 aromatic heterocycles. The Morgan fingerprint density at radius 1 is 0.309 bits per heavy atom. The van der Waals surface area contributed by atoms with Crippen LogP contribution in [0.15, 0.2) is 176 Å². The Hall–Kier alpha value is -6.90. The summed E-state index contributed by atoms with van der Waals surface area (Å²) in [7, 11) is 0. The third-order valence-corrected chi connectivity index (χ3v) is 11.1. The van der Waals surface area contributed by atoms with E-state index in [4.69, 9.17) is 0 Å². The van der Waals surface area contributed by atoms with Crippen molar-refractivity contribution in [2.75, 3.05) is 0 Å². The van der Waals surface area contributed by atoms with Gasteiger partial charge in [-0.05, 0) is 121 Å². The van der Waals surface area contributed by atoms with Crippen LogP contribution in [0.2, 0.25) is 0 Å². The first-order chi connectivity index (χ1) is 27.0. The maximum Gasteiger partial charge on any atom is 0.0541 e. The zero-order valence-corrected chi connectivity index (χ0v) is 31.3. The lowest BCUT2D eigenvalue weighted by atomic mass is 10.0. The van der Waals surface area contributed by atoms with E-state index in [2.05, 4.69) is 218 Å². The average molecular weight is 705 g/mol. The van der Waals surface area contributed by atoms with Gasteiger partial charge in [-0.15, -0.1) is 0 Å². The lowest BCUT2D eigenvalue weighted by Gasteiger charge is -2.10. The van der Waals surface area contributed by atoms with Crippen molar-refractivity contribution in [1.82, 2.24) is 9.13 Å². The molecule has 0 spiro atoms. The lowest BCUT2D eigenvalue weighted by Crippen LogP contribution is -1.93. The average Bonchev–Trinajstić information content (AvgIpc) is 3.72. The molecule has 0 amide bonds. The minimum atomic E-state index is 1.17. The first kappa shape index (κ1) is 32.7. The summed E-state index contributed by atoms with van der Waals surface area (Å²) in [4.78, 5) is 0. The number of rotatable bonds is 6. The summed E-state index contributed by atoms with van der Waals surface area (Å²) in [6.07, 6.45) is 4.39. The minimum absolute atomic E-state index is 1.17. The molecule has 2 heterocycles. The van der Waals surface area contributed by atoms with Crippen molar-refractivity contribution in [3.63, 3.8) is 0 Å². The highest BCUT2D eigenvalue weighted by Gasteiger charge is 2.14. The number of hydrogen-bond donors (Lipinski definition) is 0. The second kappa shape index (κ2) is 13.2. The molecule has 262 valence electrons. The summed E-state index contributed by atoms with van der Waals surface area (Å²) in [5, 5.41) is 5.15. The molecule has 2 heteroatoms. The van der Waals surface area contributed by atoms with Crippen molar-refractivity contribution in [2.24, 2.45) is 0 Å². The van der Waals surface area contributed by atoms with Crippen LogP contribution in [0.25, 0.3) is 89.4 Å². The SMILES string of the molecule is Cc1ccc(-n2c3ccccc3c3cc(-c4ccc(/C=C/c5ccc(-c6ccc(-n7c8ccc(C)cc8c8cc(C)ccc87)cc6)cc5)cc4)ccc32)cc1. The molecule has 0 unspecified atom stereocenters. The molecule has 8 aromatic carbocycles. The quantitative estimate of drug-likeness (QED) is 0.153. The van der Waals surface area contributed by atoms with Gasteiger partial charge in [0.25, 0.3) is 0 Å². The van der Waals surface area contributed by atoms with E-state index in [1.165, 1.54) is 105 Å². The van der Waals surface area contributed by atoms with E-state index in [0.29, 0.717) is 0 Å². The fourth-order valence-corrected chi connectivity index (χ4v) is 8.22. The third kappa shape index (κ3) is 5.84. The molecule has 0 N–H and O–H groups in total.